The standard InChI is InChI=1S/C17H21N.ClH/c1-2-9-17(18-14-7-4-8-15-18)13-12-16-10-5-3-6-11-16;/h2-3,5-6,10-11,17H,1,4,7-9,14-15H2;1H. The molecule has 0 N–H and O–H groups in total. The quantitative estimate of drug-likeness (QED) is 0.598. The Hall–Kier alpha value is -1.23. The van der Waals surface area contributed by atoms with Crippen LogP contribution in [-0.4, -0.2) is 24.0 Å². The molecule has 1 aliphatic rings. The minimum atomic E-state index is 0. The average molecular weight is 276 g/mol. The van der Waals surface area contributed by atoms with E-state index in [1.165, 1.54) is 32.4 Å². The number of halogens is 1. The first-order chi connectivity index (χ1) is 8.90. The summed E-state index contributed by atoms with van der Waals surface area (Å²) in [6.07, 6.45) is 6.92. The molecule has 0 aliphatic carbocycles. The van der Waals surface area contributed by atoms with Gasteiger partial charge in [0.25, 0.3) is 0 Å². The summed E-state index contributed by atoms with van der Waals surface area (Å²) in [4.78, 5) is 2.50. The lowest BCUT2D eigenvalue weighted by Gasteiger charge is -2.31. The van der Waals surface area contributed by atoms with E-state index in [1.54, 1.807) is 0 Å². The van der Waals surface area contributed by atoms with Crippen LogP contribution in [0.25, 0.3) is 0 Å². The van der Waals surface area contributed by atoms with Crippen LogP contribution >= 0.6 is 12.4 Å². The highest BCUT2D eigenvalue weighted by Crippen LogP contribution is 2.14. The van der Waals surface area contributed by atoms with E-state index in [-0.39, 0.29) is 12.4 Å². The zero-order valence-corrected chi connectivity index (χ0v) is 12.2. The maximum Gasteiger partial charge on any atom is 0.0753 e. The van der Waals surface area contributed by atoms with Crippen LogP contribution in [0.1, 0.15) is 31.2 Å². The van der Waals surface area contributed by atoms with E-state index in [9.17, 15) is 0 Å². The molecule has 0 saturated carbocycles. The van der Waals surface area contributed by atoms with Gasteiger partial charge in [-0.05, 0) is 44.5 Å². The fourth-order valence-electron chi connectivity index (χ4n) is 2.38. The first-order valence-electron chi connectivity index (χ1n) is 6.81. The SMILES string of the molecule is C=CCC(C#Cc1ccccc1)N1CCCCC1.Cl. The number of hydrogen-bond acceptors (Lipinski definition) is 1. The number of hydrogen-bond donors (Lipinski definition) is 0. The fourth-order valence-corrected chi connectivity index (χ4v) is 2.38. The largest absolute Gasteiger partial charge is 0.290 e. The normalized spacial score (nSPS) is 16.6. The number of rotatable bonds is 3. The molecule has 0 bridgehead atoms. The summed E-state index contributed by atoms with van der Waals surface area (Å²) < 4.78 is 0. The van der Waals surface area contributed by atoms with E-state index in [1.807, 2.05) is 24.3 Å². The molecule has 1 atom stereocenters. The van der Waals surface area contributed by atoms with E-state index in [4.69, 9.17) is 0 Å². The summed E-state index contributed by atoms with van der Waals surface area (Å²) in [5.41, 5.74) is 1.10. The first kappa shape index (κ1) is 15.8. The monoisotopic (exact) mass is 275 g/mol. The second-order valence-electron chi connectivity index (χ2n) is 4.77. The molecule has 102 valence electrons. The van der Waals surface area contributed by atoms with Crippen molar-refractivity contribution in [3.05, 3.63) is 48.6 Å². The summed E-state index contributed by atoms with van der Waals surface area (Å²) >= 11 is 0. The number of nitrogens with zero attached hydrogens (tertiary/aromatic N) is 1. The Balaban J connectivity index is 0.00000180. The molecule has 1 aromatic carbocycles. The van der Waals surface area contributed by atoms with Gasteiger partial charge < -0.3 is 0 Å². The molecule has 0 radical (unpaired) electrons. The van der Waals surface area contributed by atoms with Crippen LogP contribution in [0.3, 0.4) is 0 Å². The minimum Gasteiger partial charge on any atom is -0.290 e. The van der Waals surface area contributed by atoms with Crippen molar-refractivity contribution in [2.24, 2.45) is 0 Å². The maximum absolute atomic E-state index is 3.86. The van der Waals surface area contributed by atoms with Gasteiger partial charge in [0.2, 0.25) is 0 Å². The molecule has 19 heavy (non-hydrogen) atoms. The molecule has 2 rings (SSSR count). The third kappa shape index (κ3) is 5.11. The first-order valence-corrected chi connectivity index (χ1v) is 6.81. The number of piperidine rings is 1. The van der Waals surface area contributed by atoms with Crippen molar-refractivity contribution < 1.29 is 0 Å². The van der Waals surface area contributed by atoms with Crippen molar-refractivity contribution in [2.45, 2.75) is 31.7 Å². The van der Waals surface area contributed by atoms with Crippen LogP contribution < -0.4 is 0 Å². The zero-order chi connectivity index (χ0) is 12.6. The van der Waals surface area contributed by atoms with Gasteiger partial charge in [-0.2, -0.15) is 0 Å². The van der Waals surface area contributed by atoms with Gasteiger partial charge in [0.1, 0.15) is 0 Å². The molecule has 0 spiro atoms. The van der Waals surface area contributed by atoms with Crippen LogP contribution in [0.4, 0.5) is 0 Å². The van der Waals surface area contributed by atoms with Crippen LogP contribution in [0.5, 0.6) is 0 Å². The van der Waals surface area contributed by atoms with Gasteiger partial charge in [-0.15, -0.1) is 19.0 Å². The van der Waals surface area contributed by atoms with Crippen molar-refractivity contribution in [1.29, 1.82) is 0 Å². The highest BCUT2D eigenvalue weighted by atomic mass is 35.5. The molecule has 1 unspecified atom stereocenters. The van der Waals surface area contributed by atoms with Gasteiger partial charge >= 0.3 is 0 Å². The smallest absolute Gasteiger partial charge is 0.0753 e. The van der Waals surface area contributed by atoms with E-state index >= 15 is 0 Å². The van der Waals surface area contributed by atoms with Crippen molar-refractivity contribution in [1.82, 2.24) is 4.90 Å². The third-order valence-electron chi connectivity index (χ3n) is 3.38. The van der Waals surface area contributed by atoms with Crippen molar-refractivity contribution in [3.63, 3.8) is 0 Å². The Morgan fingerprint density at radius 3 is 2.47 bits per heavy atom. The Labute approximate surface area is 123 Å². The average Bonchev–Trinajstić information content (AvgIpc) is 2.45. The molecule has 1 saturated heterocycles. The van der Waals surface area contributed by atoms with Gasteiger partial charge in [-0.25, -0.2) is 0 Å². The predicted octanol–water partition coefficient (Wildman–Crippen LogP) is 3.89. The lowest BCUT2D eigenvalue weighted by atomic mass is 10.1. The van der Waals surface area contributed by atoms with E-state index in [2.05, 4.69) is 35.5 Å². The molecule has 1 aliphatic heterocycles. The van der Waals surface area contributed by atoms with Crippen LogP contribution in [0.15, 0.2) is 43.0 Å². The molecule has 0 amide bonds. The van der Waals surface area contributed by atoms with E-state index in [0.717, 1.165) is 12.0 Å². The maximum atomic E-state index is 3.86. The molecule has 2 heteroatoms. The predicted molar refractivity (Wildman–Crippen MR) is 84.6 cm³/mol. The van der Waals surface area contributed by atoms with Crippen LogP contribution in [0, 0.1) is 11.8 Å². The second-order valence-corrected chi connectivity index (χ2v) is 4.77. The van der Waals surface area contributed by atoms with Crippen LogP contribution in [-0.2, 0) is 0 Å². The molecule has 0 aromatic heterocycles. The van der Waals surface area contributed by atoms with Gasteiger partial charge in [0.15, 0.2) is 0 Å². The molecular formula is C17H22ClN. The highest BCUT2D eigenvalue weighted by Gasteiger charge is 2.17. The lowest BCUT2D eigenvalue weighted by molar-refractivity contribution is 0.197. The third-order valence-corrected chi connectivity index (χ3v) is 3.38. The van der Waals surface area contributed by atoms with Gasteiger partial charge in [-0.3, -0.25) is 4.90 Å². The summed E-state index contributed by atoms with van der Waals surface area (Å²) in [7, 11) is 0. The highest BCUT2D eigenvalue weighted by molar-refractivity contribution is 5.85. The van der Waals surface area contributed by atoms with Gasteiger partial charge in [0.05, 0.1) is 6.04 Å². The Morgan fingerprint density at radius 1 is 1.16 bits per heavy atom. The van der Waals surface area contributed by atoms with E-state index in [0.29, 0.717) is 6.04 Å². The Kier molecular flexibility index (Phi) is 7.33. The van der Waals surface area contributed by atoms with Crippen molar-refractivity contribution in [2.75, 3.05) is 13.1 Å². The number of likely N-dealkylation sites (tertiary alicyclic amines) is 1. The van der Waals surface area contributed by atoms with Crippen molar-refractivity contribution in [3.8, 4) is 11.8 Å². The molecule has 1 nitrogen and oxygen atoms in total. The van der Waals surface area contributed by atoms with Crippen molar-refractivity contribution >= 4 is 12.4 Å². The Morgan fingerprint density at radius 2 is 1.84 bits per heavy atom. The number of benzene rings is 1. The van der Waals surface area contributed by atoms with Gasteiger partial charge in [-0.1, -0.05) is 42.5 Å². The van der Waals surface area contributed by atoms with E-state index < -0.39 is 0 Å². The molecule has 1 fully saturated rings. The summed E-state index contributed by atoms with van der Waals surface area (Å²) in [5.74, 6) is 6.70. The lowest BCUT2D eigenvalue weighted by Crippen LogP contribution is -2.38. The van der Waals surface area contributed by atoms with Gasteiger partial charge in [0, 0.05) is 5.56 Å². The second kappa shape index (κ2) is 8.80. The molecule has 1 heterocycles. The topological polar surface area (TPSA) is 3.24 Å². The zero-order valence-electron chi connectivity index (χ0n) is 11.3. The summed E-state index contributed by atoms with van der Waals surface area (Å²) in [6, 6.07) is 10.6. The molecule has 1 aromatic rings. The Bertz CT molecular complexity index is 424. The minimum absolute atomic E-state index is 0. The van der Waals surface area contributed by atoms with Crippen LogP contribution in [0.2, 0.25) is 0 Å². The fraction of sp³-hybridized carbons (Fsp3) is 0.412. The summed E-state index contributed by atoms with van der Waals surface area (Å²) in [6.45, 7) is 6.22. The molecular weight excluding hydrogens is 254 g/mol. The summed E-state index contributed by atoms with van der Waals surface area (Å²) in [5, 5.41) is 0.